The molecule has 0 amide bonds. The lowest BCUT2D eigenvalue weighted by Crippen LogP contribution is -2.61. The molecule has 0 spiro atoms. The van der Waals surface area contributed by atoms with Gasteiger partial charge in [0.1, 0.15) is 18.8 Å². The number of aliphatic hydroxyl groups excluding tert-OH is 2. The average molecular weight is 1160 g/mol. The topological polar surface area (TPSA) is 175 Å². The number of carbonyl (C=O) groups excluding carboxylic acids is 3. The number of rotatable bonds is 54. The molecule has 83 heavy (non-hydrogen) atoms. The van der Waals surface area contributed by atoms with Crippen molar-refractivity contribution < 1.29 is 58.2 Å². The van der Waals surface area contributed by atoms with Crippen LogP contribution in [-0.2, 0) is 42.9 Å². The van der Waals surface area contributed by atoms with E-state index in [-0.39, 0.29) is 25.9 Å². The molecule has 1 aliphatic heterocycles. The lowest BCUT2D eigenvalue weighted by atomic mass is 9.98. The van der Waals surface area contributed by atoms with Crippen molar-refractivity contribution in [2.45, 2.75) is 289 Å². The van der Waals surface area contributed by atoms with Gasteiger partial charge in [-0.1, -0.05) is 219 Å². The Hall–Kier alpha value is -4.88. The Morgan fingerprint density at radius 3 is 1.17 bits per heavy atom. The fraction of sp³-hybridized carbons (Fsp3) is 0.662. The van der Waals surface area contributed by atoms with Gasteiger partial charge in [0.2, 0.25) is 0 Å². The van der Waals surface area contributed by atoms with Crippen LogP contribution in [0.1, 0.15) is 252 Å². The number of aliphatic hydroxyl groups is 2. The predicted molar refractivity (Wildman–Crippen MR) is 340 cm³/mol. The Kier molecular flexibility index (Phi) is 52.8. The van der Waals surface area contributed by atoms with E-state index < -0.39 is 67.3 Å². The first-order valence-corrected chi connectivity index (χ1v) is 32.5. The minimum Gasteiger partial charge on any atom is -0.479 e. The second-order valence-corrected chi connectivity index (χ2v) is 21.7. The summed E-state index contributed by atoms with van der Waals surface area (Å²) in [7, 11) is 0. The van der Waals surface area contributed by atoms with Crippen molar-refractivity contribution in [3.63, 3.8) is 0 Å². The van der Waals surface area contributed by atoms with Crippen LogP contribution in [0.4, 0.5) is 0 Å². The number of aliphatic carboxylic acids is 1. The fourth-order valence-electron chi connectivity index (χ4n) is 9.02. The molecule has 0 aromatic heterocycles. The molecule has 1 saturated heterocycles. The summed E-state index contributed by atoms with van der Waals surface area (Å²) < 4.78 is 28.5. The number of carboxylic acid groups (broad SMARTS) is 1. The number of hydrogen-bond donors (Lipinski definition) is 3. The van der Waals surface area contributed by atoms with Crippen molar-refractivity contribution in [3.05, 3.63) is 122 Å². The summed E-state index contributed by atoms with van der Waals surface area (Å²) in [6.07, 6.45) is 67.2. The maximum absolute atomic E-state index is 13.2. The maximum atomic E-state index is 13.2. The Labute approximate surface area is 503 Å². The molecule has 0 aliphatic carbocycles. The van der Waals surface area contributed by atoms with E-state index in [0.717, 1.165) is 154 Å². The third-order valence-corrected chi connectivity index (χ3v) is 14.0. The van der Waals surface area contributed by atoms with Gasteiger partial charge in [-0.15, -0.1) is 0 Å². The number of unbranched alkanes of at least 4 members (excludes halogenated alkanes) is 20. The van der Waals surface area contributed by atoms with E-state index >= 15 is 0 Å². The van der Waals surface area contributed by atoms with Gasteiger partial charge in [0.25, 0.3) is 0 Å². The molecule has 0 radical (unpaired) electrons. The Morgan fingerprint density at radius 1 is 0.410 bits per heavy atom. The maximum Gasteiger partial charge on any atom is 0.335 e. The summed E-state index contributed by atoms with van der Waals surface area (Å²) in [4.78, 5) is 51.3. The van der Waals surface area contributed by atoms with Crippen molar-refractivity contribution in [1.82, 2.24) is 0 Å². The lowest BCUT2D eigenvalue weighted by Gasteiger charge is -2.40. The van der Waals surface area contributed by atoms with E-state index in [0.29, 0.717) is 19.3 Å². The molecular formula is C71H114O12. The highest BCUT2D eigenvalue weighted by molar-refractivity contribution is 5.74. The van der Waals surface area contributed by atoms with Gasteiger partial charge in [0.05, 0.1) is 6.61 Å². The number of allylic oxidation sites excluding steroid dienone is 20. The van der Waals surface area contributed by atoms with Crippen LogP contribution < -0.4 is 0 Å². The molecule has 12 heteroatoms. The molecule has 470 valence electrons. The molecule has 1 rings (SSSR count). The van der Waals surface area contributed by atoms with E-state index in [9.17, 15) is 34.5 Å². The zero-order valence-corrected chi connectivity index (χ0v) is 51.9. The Bertz CT molecular complexity index is 1900. The van der Waals surface area contributed by atoms with Crippen molar-refractivity contribution in [1.29, 1.82) is 0 Å². The van der Waals surface area contributed by atoms with Crippen LogP contribution in [0.5, 0.6) is 0 Å². The first-order chi connectivity index (χ1) is 40.6. The van der Waals surface area contributed by atoms with Gasteiger partial charge in [0, 0.05) is 19.3 Å². The van der Waals surface area contributed by atoms with E-state index in [1.165, 1.54) is 38.5 Å². The van der Waals surface area contributed by atoms with Gasteiger partial charge in [-0.05, 0) is 135 Å². The zero-order chi connectivity index (χ0) is 60.3. The van der Waals surface area contributed by atoms with Crippen molar-refractivity contribution in [2.24, 2.45) is 0 Å². The zero-order valence-electron chi connectivity index (χ0n) is 51.9. The molecular weight excluding hydrogens is 1040 g/mol. The predicted octanol–water partition coefficient (Wildman–Crippen LogP) is 17.6. The molecule has 3 N–H and O–H groups in total. The summed E-state index contributed by atoms with van der Waals surface area (Å²) in [5.41, 5.74) is 0. The largest absolute Gasteiger partial charge is 0.479 e. The third-order valence-electron chi connectivity index (χ3n) is 14.0. The molecule has 12 nitrogen and oxygen atoms in total. The van der Waals surface area contributed by atoms with Gasteiger partial charge in [0.15, 0.2) is 24.6 Å². The summed E-state index contributed by atoms with van der Waals surface area (Å²) in [6, 6.07) is 0. The molecule has 0 aromatic carbocycles. The number of esters is 3. The van der Waals surface area contributed by atoms with Crippen molar-refractivity contribution in [2.75, 3.05) is 13.2 Å². The molecule has 1 fully saturated rings. The van der Waals surface area contributed by atoms with Crippen LogP contribution in [0.15, 0.2) is 122 Å². The van der Waals surface area contributed by atoms with E-state index in [2.05, 4.69) is 142 Å². The van der Waals surface area contributed by atoms with Crippen LogP contribution in [0.25, 0.3) is 0 Å². The SMILES string of the molecule is CC/C=C\C/C=C\C/C=C\C/C=C\C/C=C\CCCCCC(=O)OCC(COC1OC(C(=O)O)C(O)C(O)C1OC(=O)CCCCCCCC/C=C\C/C=C\C/C=C\CCCCC)OC(=O)CCCCCCC/C=C\C/C=C\CCCCC. The second-order valence-electron chi connectivity index (χ2n) is 21.7. The van der Waals surface area contributed by atoms with Gasteiger partial charge in [-0.2, -0.15) is 0 Å². The van der Waals surface area contributed by atoms with Gasteiger partial charge in [-0.25, -0.2) is 4.79 Å². The Balaban J connectivity index is 2.70. The minimum atomic E-state index is -1.92. The number of carbonyl (C=O) groups is 4. The standard InChI is InChI=1S/C71H114O12/c1-4-7-10-13-16-19-22-25-28-30-32-34-37-39-42-45-48-51-54-57-63(72)79-60-62(81-64(73)58-55-52-49-46-43-40-36-27-24-21-18-15-12-9-6-3)61-80-71-69(67(76)66(75)68(83-71)70(77)78)82-65(74)59-56-53-50-47-44-41-38-35-33-31-29-26-23-20-17-14-11-8-5-2/h7,10,16-21,25-29,32-36,39,42,62,66-69,71,75-76H,4-6,8-9,11-15,22-24,30-31,37-38,40-41,43-61H2,1-3H3,(H,77,78)/b10-7-,19-16-,20-17-,21-18-,28-25-,29-26-,34-32-,35-33-,36-27-,42-39-. The highest BCUT2D eigenvalue weighted by Crippen LogP contribution is 2.26. The molecule has 0 bridgehead atoms. The molecule has 6 atom stereocenters. The highest BCUT2D eigenvalue weighted by Gasteiger charge is 2.50. The summed E-state index contributed by atoms with van der Waals surface area (Å²) in [5.74, 6) is -3.21. The average Bonchev–Trinajstić information content (AvgIpc) is 3.57. The van der Waals surface area contributed by atoms with Gasteiger partial charge < -0.3 is 39.0 Å². The number of ether oxygens (including phenoxy) is 5. The second kappa shape index (κ2) is 57.5. The first kappa shape index (κ1) is 76.1. The van der Waals surface area contributed by atoms with E-state index in [1.807, 2.05) is 0 Å². The van der Waals surface area contributed by atoms with Crippen molar-refractivity contribution >= 4 is 23.9 Å². The van der Waals surface area contributed by atoms with Crippen LogP contribution in [0.3, 0.4) is 0 Å². The van der Waals surface area contributed by atoms with Gasteiger partial charge >= 0.3 is 23.9 Å². The smallest absolute Gasteiger partial charge is 0.335 e. The van der Waals surface area contributed by atoms with Crippen LogP contribution in [0.2, 0.25) is 0 Å². The number of hydrogen-bond acceptors (Lipinski definition) is 11. The van der Waals surface area contributed by atoms with Crippen molar-refractivity contribution in [3.8, 4) is 0 Å². The summed E-state index contributed by atoms with van der Waals surface area (Å²) in [6.45, 7) is 5.79. The lowest BCUT2D eigenvalue weighted by molar-refractivity contribution is -0.301. The fourth-order valence-corrected chi connectivity index (χ4v) is 9.02. The van der Waals surface area contributed by atoms with Crippen LogP contribution >= 0.6 is 0 Å². The summed E-state index contributed by atoms with van der Waals surface area (Å²) >= 11 is 0. The molecule has 0 aromatic rings. The van der Waals surface area contributed by atoms with Crippen LogP contribution in [-0.4, -0.2) is 89.2 Å². The van der Waals surface area contributed by atoms with Gasteiger partial charge in [-0.3, -0.25) is 14.4 Å². The van der Waals surface area contributed by atoms with Crippen LogP contribution in [0, 0.1) is 0 Å². The third kappa shape index (κ3) is 47.1. The number of carboxylic acids is 1. The highest BCUT2D eigenvalue weighted by atomic mass is 16.7. The molecule has 0 saturated carbocycles. The summed E-state index contributed by atoms with van der Waals surface area (Å²) in [5, 5.41) is 31.6. The van der Waals surface area contributed by atoms with E-state index in [1.54, 1.807) is 0 Å². The molecule has 1 heterocycles. The quantitative estimate of drug-likeness (QED) is 0.0228. The minimum absolute atomic E-state index is 0.0348. The monoisotopic (exact) mass is 1160 g/mol. The molecule has 6 unspecified atom stereocenters. The first-order valence-electron chi connectivity index (χ1n) is 32.5. The van der Waals surface area contributed by atoms with E-state index in [4.69, 9.17) is 23.7 Å². The molecule has 1 aliphatic rings. The Morgan fingerprint density at radius 2 is 0.759 bits per heavy atom. The normalized spacial score (nSPS) is 18.4.